The number of nitrogens with zero attached hydrogens (tertiary/aromatic N) is 10. The number of imidazole rings is 1. The highest BCUT2D eigenvalue weighted by atomic mass is 19.3. The van der Waals surface area contributed by atoms with Gasteiger partial charge in [-0.2, -0.15) is 10.2 Å². The van der Waals surface area contributed by atoms with Gasteiger partial charge in [0.05, 0.1) is 59.6 Å². The van der Waals surface area contributed by atoms with Crippen LogP contribution >= 0.6 is 0 Å². The summed E-state index contributed by atoms with van der Waals surface area (Å²) in [4.78, 5) is 61.4. The highest BCUT2D eigenvalue weighted by Crippen LogP contribution is 2.35. The number of piperidine rings is 2. The van der Waals surface area contributed by atoms with Crippen molar-refractivity contribution in [1.29, 1.82) is 0 Å². The summed E-state index contributed by atoms with van der Waals surface area (Å²) in [5.74, 6) is -0.529. The molecule has 4 aliphatic heterocycles. The molecule has 1 unspecified atom stereocenters. The van der Waals surface area contributed by atoms with E-state index in [9.17, 15) is 28.0 Å². The number of anilines is 3. The number of alkyl halides is 2. The minimum Gasteiger partial charge on any atom is -0.375 e. The maximum atomic E-state index is 13.7. The molecule has 2 atom stereocenters. The third kappa shape index (κ3) is 8.86. The first-order valence-electron chi connectivity index (χ1n) is 22.4. The Balaban J connectivity index is 0.000000162. The third-order valence-corrected chi connectivity index (χ3v) is 13.2. The zero-order valence-electron chi connectivity index (χ0n) is 36.5. The number of hydrogen-bond donors (Lipinski definition) is 2. The van der Waals surface area contributed by atoms with Crippen molar-refractivity contribution in [2.24, 2.45) is 7.05 Å². The predicted molar refractivity (Wildman–Crippen MR) is 234 cm³/mol. The van der Waals surface area contributed by atoms with Crippen LogP contribution in [0.25, 0.3) is 16.7 Å². The summed E-state index contributed by atoms with van der Waals surface area (Å²) in [5, 5.41) is 13.3. The largest absolute Gasteiger partial charge is 0.375 e. The Kier molecular flexibility index (Phi) is 12.5. The van der Waals surface area contributed by atoms with Crippen molar-refractivity contribution in [2.45, 2.75) is 102 Å². The molecule has 20 heteroatoms. The molecule has 0 bridgehead atoms. The molecular formula is C44H56F2N12O6. The van der Waals surface area contributed by atoms with Crippen LogP contribution in [0.3, 0.4) is 0 Å². The smallest absolute Gasteiger partial charge is 0.329 e. The summed E-state index contributed by atoms with van der Waals surface area (Å²) >= 11 is 0. The van der Waals surface area contributed by atoms with Gasteiger partial charge < -0.3 is 29.5 Å². The molecule has 1 aliphatic carbocycles. The van der Waals surface area contributed by atoms with Gasteiger partial charge in [0.25, 0.3) is 12.3 Å². The average molecular weight is 887 g/mol. The molecule has 342 valence electrons. The monoisotopic (exact) mass is 886 g/mol. The van der Waals surface area contributed by atoms with Crippen molar-refractivity contribution in [3.8, 4) is 0 Å². The highest BCUT2D eigenvalue weighted by molar-refractivity contribution is 6.08. The Hall–Kier alpha value is -5.73. The van der Waals surface area contributed by atoms with E-state index in [1.54, 1.807) is 22.5 Å². The maximum absolute atomic E-state index is 13.7. The molecule has 1 aromatic carbocycles. The average Bonchev–Trinajstić information content (AvgIpc) is 3.97. The number of fused-ring (bicyclic) bond motifs is 2. The van der Waals surface area contributed by atoms with Crippen LogP contribution in [0.5, 0.6) is 0 Å². The van der Waals surface area contributed by atoms with Crippen molar-refractivity contribution < 1.29 is 32.6 Å². The Morgan fingerprint density at radius 2 is 1.73 bits per heavy atom. The van der Waals surface area contributed by atoms with E-state index in [1.165, 1.54) is 21.5 Å². The summed E-state index contributed by atoms with van der Waals surface area (Å²) in [6.07, 6.45) is 10.3. The molecule has 1 saturated carbocycles. The van der Waals surface area contributed by atoms with Crippen LogP contribution in [0.4, 0.5) is 26.0 Å². The Labute approximate surface area is 368 Å². The molecule has 0 spiro atoms. The number of benzene rings is 1. The van der Waals surface area contributed by atoms with Crippen LogP contribution in [-0.4, -0.2) is 127 Å². The van der Waals surface area contributed by atoms with Crippen LogP contribution in [0.1, 0.15) is 99.3 Å². The summed E-state index contributed by atoms with van der Waals surface area (Å²) in [6.45, 7) is 7.73. The zero-order chi connectivity index (χ0) is 44.6. The number of para-hydroxylation sites is 1. The lowest BCUT2D eigenvalue weighted by Crippen LogP contribution is -2.54. The maximum Gasteiger partial charge on any atom is 0.329 e. The quantitative estimate of drug-likeness (QED) is 0.199. The predicted octanol–water partition coefficient (Wildman–Crippen LogP) is 4.46. The van der Waals surface area contributed by atoms with Crippen LogP contribution in [0.15, 0.2) is 47.7 Å². The number of aromatic nitrogens is 7. The van der Waals surface area contributed by atoms with Crippen LogP contribution in [-0.2, 0) is 26.1 Å². The highest BCUT2D eigenvalue weighted by Gasteiger charge is 2.35. The van der Waals surface area contributed by atoms with Gasteiger partial charge in [-0.1, -0.05) is 25.3 Å². The minimum atomic E-state index is -2.79. The zero-order valence-corrected chi connectivity index (χ0v) is 36.5. The van der Waals surface area contributed by atoms with Crippen molar-refractivity contribution in [1.82, 2.24) is 43.7 Å². The second-order valence-corrected chi connectivity index (χ2v) is 17.7. The second-order valence-electron chi connectivity index (χ2n) is 17.7. The second kappa shape index (κ2) is 18.4. The number of amides is 3. The summed E-state index contributed by atoms with van der Waals surface area (Å²) in [7, 11) is 3.88. The first-order chi connectivity index (χ1) is 30.9. The lowest BCUT2D eigenvalue weighted by atomic mass is 9.96. The number of rotatable bonds is 9. The van der Waals surface area contributed by atoms with E-state index in [2.05, 4.69) is 47.6 Å². The number of likely N-dealkylation sites (tertiary alicyclic amines) is 1. The van der Waals surface area contributed by atoms with Gasteiger partial charge in [0.2, 0.25) is 11.8 Å². The molecule has 4 saturated heterocycles. The van der Waals surface area contributed by atoms with E-state index >= 15 is 0 Å². The van der Waals surface area contributed by atoms with Crippen molar-refractivity contribution in [3.05, 3.63) is 64.6 Å². The van der Waals surface area contributed by atoms with Crippen molar-refractivity contribution >= 4 is 51.6 Å². The van der Waals surface area contributed by atoms with Gasteiger partial charge in [-0.15, -0.1) is 0 Å². The standard InChI is InChI=1S/C22H27F2N7O2.C22H29N5O4/c1-14-12-29(9-10-33-14)18-7-8-30-21(27-18)16(11-25-30)22(32)26-17-13-31(28-19(17)20(23)24)15-5-3-2-4-6-15;1-24-10-8-14(9-11-24)31-15-12-26(13-15)16-4-3-5-17-20(16)25(2)22(30)27(17)18-6-7-19(28)23-21(18)29/h7-8,11,13-15,20H,2-6,9-10,12H2,1H3,(H,26,32);3-5,14-15,18H,6-13H2,1-2H3,(H,23,28,29)/t14-;/m1./s1. The molecule has 0 radical (unpaired) electrons. The fourth-order valence-electron chi connectivity index (χ4n) is 9.62. The number of nitrogens with one attached hydrogen (secondary N) is 2. The molecule has 64 heavy (non-hydrogen) atoms. The van der Waals surface area contributed by atoms with E-state index in [1.807, 2.05) is 31.2 Å². The molecule has 5 fully saturated rings. The minimum absolute atomic E-state index is 0.0260. The first-order valence-corrected chi connectivity index (χ1v) is 22.4. The number of hydrogen-bond acceptors (Lipinski definition) is 12. The Bertz CT molecular complexity index is 2570. The van der Waals surface area contributed by atoms with E-state index in [0.717, 1.165) is 87.8 Å². The van der Waals surface area contributed by atoms with Gasteiger partial charge in [0.15, 0.2) is 11.3 Å². The van der Waals surface area contributed by atoms with E-state index < -0.39 is 30.0 Å². The molecule has 18 nitrogen and oxygen atoms in total. The molecule has 5 aromatic rings. The van der Waals surface area contributed by atoms with Gasteiger partial charge >= 0.3 is 5.69 Å². The molecule has 4 aromatic heterocycles. The number of morpholine rings is 1. The lowest BCUT2D eigenvalue weighted by molar-refractivity contribution is -0.135. The van der Waals surface area contributed by atoms with Crippen LogP contribution < -0.4 is 26.1 Å². The van der Waals surface area contributed by atoms with E-state index in [0.29, 0.717) is 43.7 Å². The fraction of sp³-hybridized carbons (Fsp3) is 0.568. The normalized spacial score (nSPS) is 21.9. The summed E-state index contributed by atoms with van der Waals surface area (Å²) < 4.78 is 45.5. The number of ether oxygens (including phenoxy) is 2. The molecular weight excluding hydrogens is 831 g/mol. The van der Waals surface area contributed by atoms with Crippen LogP contribution in [0.2, 0.25) is 0 Å². The van der Waals surface area contributed by atoms with Crippen molar-refractivity contribution in [3.63, 3.8) is 0 Å². The van der Waals surface area contributed by atoms with Gasteiger partial charge in [0, 0.05) is 65.1 Å². The fourth-order valence-corrected chi connectivity index (χ4v) is 9.62. The van der Waals surface area contributed by atoms with Crippen molar-refractivity contribution in [2.75, 3.05) is 68.0 Å². The molecule has 10 rings (SSSR count). The topological polar surface area (TPSA) is 178 Å². The van der Waals surface area contributed by atoms with E-state index in [4.69, 9.17) is 9.47 Å². The molecule has 2 N–H and O–H groups in total. The number of carbonyl (C=O) groups excluding carboxylic acids is 3. The number of aryl methyl sites for hydroxylation is 1. The number of carbonyl (C=O) groups is 3. The first kappa shape index (κ1) is 43.5. The number of halogens is 2. The van der Waals surface area contributed by atoms with Gasteiger partial charge in [-0.05, 0) is 64.3 Å². The van der Waals surface area contributed by atoms with Crippen LogP contribution in [0, 0.1) is 0 Å². The third-order valence-electron chi connectivity index (χ3n) is 13.2. The Morgan fingerprint density at radius 1 is 0.953 bits per heavy atom. The van der Waals surface area contributed by atoms with E-state index in [-0.39, 0.29) is 47.5 Å². The molecule has 8 heterocycles. The Morgan fingerprint density at radius 3 is 2.47 bits per heavy atom. The number of imide groups is 1. The summed E-state index contributed by atoms with van der Waals surface area (Å²) in [6, 6.07) is 7.06. The molecule has 5 aliphatic rings. The van der Waals surface area contributed by atoms with Gasteiger partial charge in [0.1, 0.15) is 17.4 Å². The van der Waals surface area contributed by atoms with Gasteiger partial charge in [-0.25, -0.2) is 23.1 Å². The SMILES string of the molecule is CN1CCC(OC2CN(c3cccc4c3n(C)c(=O)n4C3CCC(=O)NC3=O)C2)CC1.C[C@@H]1CN(c2ccn3ncc(C(=O)Nc4cn(C5CCCCC5)nc4C(F)F)c3n2)CCO1. The lowest BCUT2D eigenvalue weighted by Gasteiger charge is -2.43. The summed E-state index contributed by atoms with van der Waals surface area (Å²) in [5.41, 5.74) is 2.46. The van der Waals surface area contributed by atoms with Gasteiger partial charge in [-0.3, -0.25) is 33.5 Å². The molecule has 3 amide bonds.